The number of hydrogen-bond donors (Lipinski definition) is 2. The molecule has 0 bridgehead atoms. The van der Waals surface area contributed by atoms with Crippen molar-refractivity contribution in [1.82, 2.24) is 10.2 Å². The van der Waals surface area contributed by atoms with Crippen LogP contribution in [0.2, 0.25) is 0 Å². The summed E-state index contributed by atoms with van der Waals surface area (Å²) in [6.07, 6.45) is 0. The molecule has 2 N–H and O–H groups in total. The van der Waals surface area contributed by atoms with Gasteiger partial charge in [0, 0.05) is 24.2 Å². The summed E-state index contributed by atoms with van der Waals surface area (Å²) in [6, 6.07) is 9.65. The number of anilines is 2. The third kappa shape index (κ3) is 3.59. The predicted molar refractivity (Wildman–Crippen MR) is 94.7 cm³/mol. The molecule has 1 saturated heterocycles. The zero-order chi connectivity index (χ0) is 17.2. The van der Waals surface area contributed by atoms with Crippen LogP contribution in [0, 0.1) is 0 Å². The number of nitrogens with one attached hydrogen (secondary N) is 2. The van der Waals surface area contributed by atoms with Gasteiger partial charge in [0.1, 0.15) is 0 Å². The van der Waals surface area contributed by atoms with Gasteiger partial charge in [-0.2, -0.15) is 5.10 Å². The van der Waals surface area contributed by atoms with E-state index < -0.39 is 0 Å². The van der Waals surface area contributed by atoms with E-state index >= 15 is 0 Å². The van der Waals surface area contributed by atoms with Crippen LogP contribution in [0.1, 0.15) is 37.0 Å². The maximum absolute atomic E-state index is 12.6. The number of carbonyl (C=O) groups excluding carboxylic acids is 1. The molecule has 1 aromatic heterocycles. The summed E-state index contributed by atoms with van der Waals surface area (Å²) in [6.45, 7) is 9.29. The largest absolute Gasteiger partial charge is 0.378 e. The summed E-state index contributed by atoms with van der Waals surface area (Å²) in [5, 5.41) is 10.1. The van der Waals surface area contributed by atoms with Gasteiger partial charge in [-0.3, -0.25) is 9.89 Å². The van der Waals surface area contributed by atoms with Crippen molar-refractivity contribution in [2.45, 2.75) is 26.2 Å². The quantitative estimate of drug-likeness (QED) is 0.909. The first-order valence-electron chi connectivity index (χ1n) is 8.24. The smallest absolute Gasteiger partial charge is 0.276 e. The highest BCUT2D eigenvalue weighted by molar-refractivity contribution is 6.04. The van der Waals surface area contributed by atoms with Crippen LogP contribution in [0.4, 0.5) is 11.4 Å². The van der Waals surface area contributed by atoms with Crippen molar-refractivity contribution in [3.63, 3.8) is 0 Å². The topological polar surface area (TPSA) is 70.2 Å². The average molecular weight is 328 g/mol. The minimum atomic E-state index is -0.206. The van der Waals surface area contributed by atoms with Gasteiger partial charge in [0.2, 0.25) is 0 Å². The Bertz CT molecular complexity index is 712. The highest BCUT2D eigenvalue weighted by atomic mass is 16.5. The lowest BCUT2D eigenvalue weighted by Gasteiger charge is -2.30. The maximum atomic E-state index is 12.6. The number of nitrogens with zero attached hydrogens (tertiary/aromatic N) is 2. The molecule has 0 spiro atoms. The minimum absolute atomic E-state index is 0.0722. The molecule has 0 saturated carbocycles. The number of amides is 1. The Morgan fingerprint density at radius 3 is 2.62 bits per heavy atom. The maximum Gasteiger partial charge on any atom is 0.276 e. The van der Waals surface area contributed by atoms with Crippen LogP contribution in [-0.4, -0.2) is 42.4 Å². The second kappa shape index (κ2) is 6.65. The van der Waals surface area contributed by atoms with Crippen molar-refractivity contribution in [2.24, 2.45) is 0 Å². The first-order chi connectivity index (χ1) is 11.4. The van der Waals surface area contributed by atoms with E-state index in [4.69, 9.17) is 4.74 Å². The van der Waals surface area contributed by atoms with E-state index in [9.17, 15) is 4.79 Å². The van der Waals surface area contributed by atoms with Crippen LogP contribution in [0.3, 0.4) is 0 Å². The molecule has 6 nitrogen and oxygen atoms in total. The first-order valence-corrected chi connectivity index (χ1v) is 8.24. The molecule has 1 aliphatic heterocycles. The normalized spacial score (nSPS) is 15.4. The number of aromatic amines is 1. The van der Waals surface area contributed by atoms with Crippen LogP contribution < -0.4 is 10.2 Å². The summed E-state index contributed by atoms with van der Waals surface area (Å²) in [7, 11) is 0. The first kappa shape index (κ1) is 16.5. The Morgan fingerprint density at radius 1 is 1.25 bits per heavy atom. The lowest BCUT2D eigenvalue weighted by Crippen LogP contribution is -2.36. The standard InChI is InChI=1S/C18H24N4O2/c1-18(2,3)16-12-14(20-21-16)17(23)19-13-6-4-5-7-15(13)22-8-10-24-11-9-22/h4-7,12H,8-11H2,1-3H3,(H,19,23)(H,20,21). The van der Waals surface area contributed by atoms with Crippen molar-refractivity contribution in [3.8, 4) is 0 Å². The fourth-order valence-corrected chi connectivity index (χ4v) is 2.67. The van der Waals surface area contributed by atoms with E-state index in [1.807, 2.05) is 30.3 Å². The van der Waals surface area contributed by atoms with Crippen LogP contribution in [0.5, 0.6) is 0 Å². The van der Waals surface area contributed by atoms with Gasteiger partial charge in [0.15, 0.2) is 5.69 Å². The Labute approximate surface area is 142 Å². The summed E-state index contributed by atoms with van der Waals surface area (Å²) >= 11 is 0. The van der Waals surface area contributed by atoms with E-state index in [2.05, 4.69) is 41.2 Å². The molecule has 2 heterocycles. The molecule has 1 aromatic carbocycles. The molecule has 128 valence electrons. The number of ether oxygens (including phenoxy) is 1. The molecule has 3 rings (SSSR count). The number of H-pyrrole nitrogens is 1. The Hall–Kier alpha value is -2.34. The molecular formula is C18H24N4O2. The van der Waals surface area contributed by atoms with E-state index in [0.717, 1.165) is 30.2 Å². The number of rotatable bonds is 3. The number of benzene rings is 1. The van der Waals surface area contributed by atoms with Gasteiger partial charge in [0.05, 0.1) is 24.6 Å². The van der Waals surface area contributed by atoms with Crippen LogP contribution >= 0.6 is 0 Å². The predicted octanol–water partition coefficient (Wildman–Crippen LogP) is 2.80. The van der Waals surface area contributed by atoms with Gasteiger partial charge in [-0.1, -0.05) is 32.9 Å². The van der Waals surface area contributed by atoms with Gasteiger partial charge in [0.25, 0.3) is 5.91 Å². The number of aromatic nitrogens is 2. The van der Waals surface area contributed by atoms with Crippen molar-refractivity contribution >= 4 is 17.3 Å². The Morgan fingerprint density at radius 2 is 1.96 bits per heavy atom. The van der Waals surface area contributed by atoms with Crippen LogP contribution in [0.25, 0.3) is 0 Å². The van der Waals surface area contributed by atoms with Crippen LogP contribution in [-0.2, 0) is 10.2 Å². The third-order valence-electron chi connectivity index (χ3n) is 4.12. The highest BCUT2D eigenvalue weighted by Gasteiger charge is 2.21. The van der Waals surface area contributed by atoms with E-state index in [1.165, 1.54) is 0 Å². The van der Waals surface area contributed by atoms with Crippen molar-refractivity contribution in [1.29, 1.82) is 0 Å². The molecule has 0 atom stereocenters. The molecule has 1 fully saturated rings. The van der Waals surface area contributed by atoms with Gasteiger partial charge in [-0.15, -0.1) is 0 Å². The SMILES string of the molecule is CC(C)(C)c1cc(C(=O)Nc2ccccc2N2CCOCC2)n[nH]1. The number of hydrogen-bond acceptors (Lipinski definition) is 4. The van der Waals surface area contributed by atoms with E-state index in [-0.39, 0.29) is 11.3 Å². The lowest BCUT2D eigenvalue weighted by molar-refractivity contribution is 0.102. The number of morpholine rings is 1. The molecule has 1 amide bonds. The lowest BCUT2D eigenvalue weighted by atomic mass is 9.92. The van der Waals surface area contributed by atoms with Gasteiger partial charge in [-0.25, -0.2) is 0 Å². The summed E-state index contributed by atoms with van der Waals surface area (Å²) in [5.41, 5.74) is 3.08. The minimum Gasteiger partial charge on any atom is -0.378 e. The van der Waals surface area contributed by atoms with E-state index in [0.29, 0.717) is 18.9 Å². The third-order valence-corrected chi connectivity index (χ3v) is 4.12. The fraction of sp³-hybridized carbons (Fsp3) is 0.444. The number of carbonyl (C=O) groups is 1. The average Bonchev–Trinajstić information content (AvgIpc) is 3.07. The zero-order valence-corrected chi connectivity index (χ0v) is 14.4. The summed E-state index contributed by atoms with van der Waals surface area (Å²) < 4.78 is 5.40. The Balaban J connectivity index is 1.78. The van der Waals surface area contributed by atoms with Crippen LogP contribution in [0.15, 0.2) is 30.3 Å². The molecule has 0 unspecified atom stereocenters. The molecule has 2 aromatic rings. The molecule has 1 aliphatic rings. The molecule has 24 heavy (non-hydrogen) atoms. The molecule has 0 radical (unpaired) electrons. The second-order valence-corrected chi connectivity index (χ2v) is 6.99. The van der Waals surface area contributed by atoms with Gasteiger partial charge >= 0.3 is 0 Å². The second-order valence-electron chi connectivity index (χ2n) is 6.99. The molecule has 0 aliphatic carbocycles. The summed E-state index contributed by atoms with van der Waals surface area (Å²) in [4.78, 5) is 14.8. The van der Waals surface area contributed by atoms with Crippen molar-refractivity contribution < 1.29 is 9.53 Å². The van der Waals surface area contributed by atoms with Crippen molar-refractivity contribution in [3.05, 3.63) is 41.7 Å². The van der Waals surface area contributed by atoms with Gasteiger partial charge < -0.3 is 15.0 Å². The highest BCUT2D eigenvalue weighted by Crippen LogP contribution is 2.27. The van der Waals surface area contributed by atoms with E-state index in [1.54, 1.807) is 0 Å². The van der Waals surface area contributed by atoms with Gasteiger partial charge in [-0.05, 0) is 18.2 Å². The molecular weight excluding hydrogens is 304 g/mol. The molecule has 6 heteroatoms. The number of para-hydroxylation sites is 2. The zero-order valence-electron chi connectivity index (χ0n) is 14.4. The Kier molecular flexibility index (Phi) is 4.57. The van der Waals surface area contributed by atoms with Crippen molar-refractivity contribution in [2.75, 3.05) is 36.5 Å². The monoisotopic (exact) mass is 328 g/mol. The summed E-state index contributed by atoms with van der Waals surface area (Å²) in [5.74, 6) is -0.206. The fourth-order valence-electron chi connectivity index (χ4n) is 2.67.